The maximum Gasteiger partial charge on any atom is 0.0366 e. The van der Waals surface area contributed by atoms with E-state index in [4.69, 9.17) is 0 Å². The first-order chi connectivity index (χ1) is 12.1. The van der Waals surface area contributed by atoms with Gasteiger partial charge >= 0.3 is 0 Å². The number of aryl methyl sites for hydroxylation is 2. The van der Waals surface area contributed by atoms with E-state index in [1.165, 1.54) is 41.8 Å². The molecule has 2 heteroatoms. The third kappa shape index (κ3) is 6.12. The van der Waals surface area contributed by atoms with Gasteiger partial charge in [-0.2, -0.15) is 0 Å². The summed E-state index contributed by atoms with van der Waals surface area (Å²) in [5, 5.41) is 0. The first kappa shape index (κ1) is 19.4. The standard InChI is InChI=1S/C23H34N2/c1-5-24(22-14-10-20(3)11-15-22)18-8-7-9-19-25(6-2)23-16-12-21(4)13-17-23/h10-17H,5-9,18-19H2,1-4H3. The molecule has 0 unspecified atom stereocenters. The molecule has 0 saturated carbocycles. The summed E-state index contributed by atoms with van der Waals surface area (Å²) >= 11 is 0. The van der Waals surface area contributed by atoms with Crippen LogP contribution in [0.4, 0.5) is 11.4 Å². The van der Waals surface area contributed by atoms with Gasteiger partial charge in [0.25, 0.3) is 0 Å². The predicted molar refractivity (Wildman–Crippen MR) is 112 cm³/mol. The lowest BCUT2D eigenvalue weighted by atomic mass is 10.1. The van der Waals surface area contributed by atoms with Gasteiger partial charge in [-0.15, -0.1) is 0 Å². The lowest BCUT2D eigenvalue weighted by Crippen LogP contribution is -2.25. The molecule has 0 aromatic heterocycles. The molecular formula is C23H34N2. The molecule has 0 bridgehead atoms. The van der Waals surface area contributed by atoms with Gasteiger partial charge in [0, 0.05) is 37.6 Å². The van der Waals surface area contributed by atoms with E-state index >= 15 is 0 Å². The van der Waals surface area contributed by atoms with Gasteiger partial charge in [-0.05, 0) is 71.2 Å². The van der Waals surface area contributed by atoms with E-state index < -0.39 is 0 Å². The molecule has 2 rings (SSSR count). The highest BCUT2D eigenvalue weighted by Crippen LogP contribution is 2.17. The average molecular weight is 339 g/mol. The summed E-state index contributed by atoms with van der Waals surface area (Å²) in [4.78, 5) is 4.97. The Hall–Kier alpha value is -1.96. The molecule has 136 valence electrons. The SMILES string of the molecule is CCN(CCCCCN(CC)c1ccc(C)cc1)c1ccc(C)cc1. The fourth-order valence-corrected chi connectivity index (χ4v) is 3.23. The summed E-state index contributed by atoms with van der Waals surface area (Å²) in [6.07, 6.45) is 3.80. The van der Waals surface area contributed by atoms with Crippen LogP contribution in [-0.4, -0.2) is 26.2 Å². The van der Waals surface area contributed by atoms with Crippen molar-refractivity contribution in [2.75, 3.05) is 36.0 Å². The van der Waals surface area contributed by atoms with Crippen molar-refractivity contribution >= 4 is 11.4 Å². The van der Waals surface area contributed by atoms with E-state index in [9.17, 15) is 0 Å². The summed E-state index contributed by atoms with van der Waals surface area (Å²) in [6, 6.07) is 17.8. The number of benzene rings is 2. The van der Waals surface area contributed by atoms with Crippen molar-refractivity contribution in [2.45, 2.75) is 47.0 Å². The van der Waals surface area contributed by atoms with Crippen molar-refractivity contribution in [2.24, 2.45) is 0 Å². The molecule has 0 aliphatic carbocycles. The van der Waals surface area contributed by atoms with Gasteiger partial charge in [0.2, 0.25) is 0 Å². The molecule has 0 aliphatic rings. The van der Waals surface area contributed by atoms with E-state index in [2.05, 4.69) is 86.0 Å². The van der Waals surface area contributed by atoms with E-state index in [0.717, 1.165) is 26.2 Å². The zero-order valence-electron chi connectivity index (χ0n) is 16.5. The van der Waals surface area contributed by atoms with Crippen LogP contribution in [0.1, 0.15) is 44.2 Å². The van der Waals surface area contributed by atoms with Crippen molar-refractivity contribution in [3.63, 3.8) is 0 Å². The maximum absolute atomic E-state index is 2.48. The number of anilines is 2. The Morgan fingerprint density at radius 2 is 0.920 bits per heavy atom. The second-order valence-electron chi connectivity index (χ2n) is 6.89. The summed E-state index contributed by atoms with van der Waals surface area (Å²) in [7, 11) is 0. The predicted octanol–water partition coefficient (Wildman–Crippen LogP) is 5.83. The number of nitrogens with zero attached hydrogens (tertiary/aromatic N) is 2. The van der Waals surface area contributed by atoms with Gasteiger partial charge in [-0.25, -0.2) is 0 Å². The van der Waals surface area contributed by atoms with Gasteiger partial charge in [-0.3, -0.25) is 0 Å². The minimum atomic E-state index is 1.08. The van der Waals surface area contributed by atoms with Crippen LogP contribution in [0.25, 0.3) is 0 Å². The quantitative estimate of drug-likeness (QED) is 0.503. The molecular weight excluding hydrogens is 304 g/mol. The first-order valence-corrected chi connectivity index (χ1v) is 9.77. The second-order valence-corrected chi connectivity index (χ2v) is 6.89. The second kappa shape index (κ2) is 10.1. The number of unbranched alkanes of at least 4 members (excludes halogenated alkanes) is 2. The lowest BCUT2D eigenvalue weighted by Gasteiger charge is -2.25. The summed E-state index contributed by atoms with van der Waals surface area (Å²) in [6.45, 7) is 13.2. The molecule has 0 saturated heterocycles. The zero-order chi connectivity index (χ0) is 18.1. The van der Waals surface area contributed by atoms with Crippen LogP contribution in [0.2, 0.25) is 0 Å². The van der Waals surface area contributed by atoms with E-state index in [1.807, 2.05) is 0 Å². The molecule has 2 nitrogen and oxygen atoms in total. The van der Waals surface area contributed by atoms with Crippen molar-refractivity contribution in [1.29, 1.82) is 0 Å². The number of rotatable bonds is 10. The van der Waals surface area contributed by atoms with E-state index in [1.54, 1.807) is 0 Å². The third-order valence-electron chi connectivity index (χ3n) is 4.92. The molecule has 2 aromatic rings. The molecule has 0 amide bonds. The summed E-state index contributed by atoms with van der Waals surface area (Å²) < 4.78 is 0. The molecule has 25 heavy (non-hydrogen) atoms. The van der Waals surface area contributed by atoms with Gasteiger partial charge < -0.3 is 9.80 Å². The van der Waals surface area contributed by atoms with Gasteiger partial charge in [0.1, 0.15) is 0 Å². The lowest BCUT2D eigenvalue weighted by molar-refractivity contribution is 0.643. The monoisotopic (exact) mass is 338 g/mol. The molecule has 2 aromatic carbocycles. The van der Waals surface area contributed by atoms with Crippen LogP contribution in [0.5, 0.6) is 0 Å². The third-order valence-corrected chi connectivity index (χ3v) is 4.92. The number of hydrogen-bond donors (Lipinski definition) is 0. The fourth-order valence-electron chi connectivity index (χ4n) is 3.23. The van der Waals surface area contributed by atoms with Crippen molar-refractivity contribution in [1.82, 2.24) is 0 Å². The van der Waals surface area contributed by atoms with Crippen LogP contribution in [0.15, 0.2) is 48.5 Å². The Morgan fingerprint density at radius 1 is 0.560 bits per heavy atom. The van der Waals surface area contributed by atoms with E-state index in [-0.39, 0.29) is 0 Å². The van der Waals surface area contributed by atoms with Crippen molar-refractivity contribution in [3.8, 4) is 0 Å². The molecule has 0 aliphatic heterocycles. The smallest absolute Gasteiger partial charge is 0.0366 e. The Balaban J connectivity index is 1.74. The maximum atomic E-state index is 2.48. The van der Waals surface area contributed by atoms with Gasteiger partial charge in [0.15, 0.2) is 0 Å². The minimum Gasteiger partial charge on any atom is -0.372 e. The fraction of sp³-hybridized carbons (Fsp3) is 0.478. The highest BCUT2D eigenvalue weighted by atomic mass is 15.1. The molecule has 0 spiro atoms. The molecule has 0 atom stereocenters. The summed E-state index contributed by atoms with van der Waals surface area (Å²) in [5.41, 5.74) is 5.36. The molecule has 0 heterocycles. The van der Waals surface area contributed by atoms with Crippen LogP contribution in [-0.2, 0) is 0 Å². The van der Waals surface area contributed by atoms with E-state index in [0.29, 0.717) is 0 Å². The van der Waals surface area contributed by atoms with Crippen LogP contribution in [0, 0.1) is 13.8 Å². The van der Waals surface area contributed by atoms with Crippen LogP contribution >= 0.6 is 0 Å². The van der Waals surface area contributed by atoms with Gasteiger partial charge in [-0.1, -0.05) is 35.4 Å². The Bertz CT molecular complexity index is 545. The zero-order valence-corrected chi connectivity index (χ0v) is 16.5. The first-order valence-electron chi connectivity index (χ1n) is 9.77. The normalized spacial score (nSPS) is 10.7. The van der Waals surface area contributed by atoms with Crippen LogP contribution in [0.3, 0.4) is 0 Å². The Labute approximate surface area is 154 Å². The highest BCUT2D eigenvalue weighted by Gasteiger charge is 2.06. The average Bonchev–Trinajstić information content (AvgIpc) is 2.63. The Morgan fingerprint density at radius 3 is 1.24 bits per heavy atom. The summed E-state index contributed by atoms with van der Waals surface area (Å²) in [5.74, 6) is 0. The van der Waals surface area contributed by atoms with Crippen LogP contribution < -0.4 is 9.80 Å². The minimum absolute atomic E-state index is 1.08. The van der Waals surface area contributed by atoms with Crippen molar-refractivity contribution in [3.05, 3.63) is 59.7 Å². The largest absolute Gasteiger partial charge is 0.372 e. The number of hydrogen-bond acceptors (Lipinski definition) is 2. The molecule has 0 N–H and O–H groups in total. The van der Waals surface area contributed by atoms with Crippen molar-refractivity contribution < 1.29 is 0 Å². The Kier molecular flexibility index (Phi) is 7.84. The van der Waals surface area contributed by atoms with Gasteiger partial charge in [0.05, 0.1) is 0 Å². The topological polar surface area (TPSA) is 6.48 Å². The molecule has 0 radical (unpaired) electrons. The highest BCUT2D eigenvalue weighted by molar-refractivity contribution is 5.48. The molecule has 0 fully saturated rings.